The van der Waals surface area contributed by atoms with Gasteiger partial charge in [0.05, 0.1) is 0 Å². The minimum absolute atomic E-state index is 0.438. The van der Waals surface area contributed by atoms with Gasteiger partial charge in [0.1, 0.15) is 0 Å². The van der Waals surface area contributed by atoms with Crippen LogP contribution in [0.2, 0.25) is 0 Å². The van der Waals surface area contributed by atoms with Crippen molar-refractivity contribution in [2.24, 2.45) is 0 Å². The van der Waals surface area contributed by atoms with Gasteiger partial charge >= 0.3 is 49.7 Å². The van der Waals surface area contributed by atoms with Crippen LogP contribution in [0.3, 0.4) is 0 Å². The summed E-state index contributed by atoms with van der Waals surface area (Å²) >= 11 is -0.438. The standard InChI is InChI=1S/C4H8O.FH.K/c1-2-4-5-3-1;;/h1-4H2;1H;/q;;+1/p-1. The summed E-state index contributed by atoms with van der Waals surface area (Å²) in [5.74, 6) is 0. The van der Waals surface area contributed by atoms with Gasteiger partial charge in [-0.3, -0.25) is 0 Å². The molecule has 0 unspecified atom stereocenters. The second-order valence-electron chi connectivity index (χ2n) is 1.32. The van der Waals surface area contributed by atoms with Crippen molar-refractivity contribution < 1.29 is 4.53 Å². The Bertz CT molecular complexity index is 23.3. The predicted molar refractivity (Wildman–Crippen MR) is 26.9 cm³/mol. The first-order valence-electron chi connectivity index (χ1n) is 2.46. The van der Waals surface area contributed by atoms with Gasteiger partial charge in [-0.1, -0.05) is 0 Å². The number of rotatable bonds is 0. The van der Waals surface area contributed by atoms with Crippen LogP contribution in [-0.2, 0) is 4.74 Å². The van der Waals surface area contributed by atoms with Crippen LogP contribution in [0.15, 0.2) is 0 Å². The van der Waals surface area contributed by atoms with Crippen molar-refractivity contribution in [1.29, 1.82) is 0 Å². The van der Waals surface area contributed by atoms with E-state index in [9.17, 15) is -0.211 Å². The molecule has 0 aromatic rings. The Labute approximate surface area is 79.2 Å². The maximum atomic E-state index is 9.69. The van der Waals surface area contributed by atoms with Gasteiger partial charge in [0.25, 0.3) is 0 Å². The summed E-state index contributed by atoms with van der Waals surface area (Å²) in [6.07, 6.45) is 2.56. The topological polar surface area (TPSA) is 9.23 Å². The van der Waals surface area contributed by atoms with E-state index >= 15 is 0 Å². The predicted octanol–water partition coefficient (Wildman–Crippen LogP) is 0.836. The molecule has 1 saturated heterocycles. The van der Waals surface area contributed by atoms with Crippen molar-refractivity contribution in [3.63, 3.8) is 0 Å². The van der Waals surface area contributed by atoms with Crippen molar-refractivity contribution >= 4 is 49.9 Å². The summed E-state index contributed by atoms with van der Waals surface area (Å²) in [5, 5.41) is 0. The average Bonchev–Trinajstić information content (AvgIpc) is 2.23. The molecule has 1 aliphatic rings. The Morgan fingerprint density at radius 1 is 1.14 bits per heavy atom. The summed E-state index contributed by atoms with van der Waals surface area (Å²) in [5.41, 5.74) is 0. The van der Waals surface area contributed by atoms with Crippen molar-refractivity contribution in [2.45, 2.75) is 12.8 Å². The minimum atomic E-state index is -0.438. The molecule has 0 aromatic carbocycles. The fourth-order valence-corrected chi connectivity index (χ4v) is 0.510. The quantitative estimate of drug-likeness (QED) is 0.441. The van der Waals surface area contributed by atoms with Gasteiger partial charge in [0.15, 0.2) is 0 Å². The maximum absolute atomic E-state index is 9.69. The molecule has 0 aromatic heterocycles. The van der Waals surface area contributed by atoms with Crippen molar-refractivity contribution in [3.8, 4) is 0 Å². The van der Waals surface area contributed by atoms with E-state index in [1.54, 1.807) is 0 Å². The third-order valence-corrected chi connectivity index (χ3v) is 0.827. The van der Waals surface area contributed by atoms with E-state index in [0.717, 1.165) is 13.2 Å². The summed E-state index contributed by atoms with van der Waals surface area (Å²) in [4.78, 5) is 0. The monoisotopic (exact) mass is 130 g/mol. The van der Waals surface area contributed by atoms with Gasteiger partial charge in [-0.15, -0.1) is 0 Å². The molecule has 7 heavy (non-hydrogen) atoms. The molecule has 0 spiro atoms. The molecular formula is C4H8FKO. The third-order valence-electron chi connectivity index (χ3n) is 0.827. The average molecular weight is 130 g/mol. The molecule has 0 radical (unpaired) electrons. The molecule has 1 heterocycles. The zero-order valence-electron chi connectivity index (χ0n) is 4.61. The summed E-state index contributed by atoms with van der Waals surface area (Å²) in [6, 6.07) is 0. The molecule has 1 aliphatic heterocycles. The molecule has 0 atom stereocenters. The van der Waals surface area contributed by atoms with Crippen LogP contribution in [0, 0.1) is 0 Å². The SMILES string of the molecule is C1CCOC1.[F][K]. The van der Waals surface area contributed by atoms with Crippen LogP contribution in [0.1, 0.15) is 12.8 Å². The Hall–Kier alpha value is 1.53. The van der Waals surface area contributed by atoms with E-state index in [1.165, 1.54) is 12.8 Å². The molecule has 1 fully saturated rings. The van der Waals surface area contributed by atoms with E-state index in [4.69, 9.17) is 4.74 Å². The Morgan fingerprint density at radius 3 is 1.71 bits per heavy atom. The van der Waals surface area contributed by atoms with Crippen LogP contribution in [0.4, 0.5) is -0.211 Å². The van der Waals surface area contributed by atoms with Gasteiger partial charge in [0.2, 0.25) is 0 Å². The molecule has 0 bridgehead atoms. The van der Waals surface area contributed by atoms with Crippen LogP contribution in [0.5, 0.6) is 0 Å². The van der Waals surface area contributed by atoms with Gasteiger partial charge in [0, 0.05) is 13.2 Å². The van der Waals surface area contributed by atoms with Crippen LogP contribution < -0.4 is 0 Å². The van der Waals surface area contributed by atoms with Crippen molar-refractivity contribution in [1.82, 2.24) is 0 Å². The zero-order chi connectivity index (χ0) is 5.54. The van der Waals surface area contributed by atoms with Gasteiger partial charge in [-0.05, 0) is 12.8 Å². The number of halogens is 1. The van der Waals surface area contributed by atoms with Crippen LogP contribution >= 0.6 is 0 Å². The molecule has 0 amide bonds. The molecule has 3 heteroatoms. The van der Waals surface area contributed by atoms with Gasteiger partial charge < -0.3 is 4.74 Å². The normalized spacial score (nSPS) is 18.1. The van der Waals surface area contributed by atoms with Crippen molar-refractivity contribution in [2.75, 3.05) is 13.2 Å². The zero-order valence-corrected chi connectivity index (χ0v) is 7.74. The molecular weight excluding hydrogens is 122 g/mol. The van der Waals surface area contributed by atoms with Crippen LogP contribution in [0.25, 0.3) is 0 Å². The molecule has 38 valence electrons. The second-order valence-corrected chi connectivity index (χ2v) is 1.32. The van der Waals surface area contributed by atoms with E-state index in [0.29, 0.717) is 0 Å². The molecule has 0 saturated carbocycles. The van der Waals surface area contributed by atoms with E-state index in [2.05, 4.69) is 0 Å². The first-order chi connectivity index (χ1) is 3.50. The Kier molecular flexibility index (Phi) is 9.17. The summed E-state index contributed by atoms with van der Waals surface area (Å²) in [7, 11) is 0. The van der Waals surface area contributed by atoms with Crippen molar-refractivity contribution in [3.05, 3.63) is 0 Å². The van der Waals surface area contributed by atoms with E-state index < -0.39 is 49.9 Å². The van der Waals surface area contributed by atoms with Crippen LogP contribution in [-0.4, -0.2) is 63.1 Å². The fraction of sp³-hybridized carbons (Fsp3) is 1.00. The Balaban J connectivity index is 0.000000162. The van der Waals surface area contributed by atoms with E-state index in [-0.39, 0.29) is 0 Å². The summed E-state index contributed by atoms with van der Waals surface area (Å²) < 4.78 is 14.6. The molecule has 1 nitrogen and oxygen atoms in total. The molecule has 1 rings (SSSR count). The summed E-state index contributed by atoms with van der Waals surface area (Å²) in [6.45, 7) is 2.00. The van der Waals surface area contributed by atoms with Gasteiger partial charge in [-0.25, -0.2) is 0 Å². The third kappa shape index (κ3) is 5.40. The molecule has 0 N–H and O–H groups in total. The molecule has 0 aliphatic carbocycles. The first kappa shape index (κ1) is 8.53. The fourth-order valence-electron chi connectivity index (χ4n) is 0.510. The first-order valence-corrected chi connectivity index (χ1v) is 3.64. The second kappa shape index (κ2) is 7.53. The Morgan fingerprint density at radius 2 is 1.57 bits per heavy atom. The number of hydrogen-bond donors (Lipinski definition) is 0. The van der Waals surface area contributed by atoms with E-state index in [1.807, 2.05) is 0 Å². The van der Waals surface area contributed by atoms with Gasteiger partial charge in [-0.2, -0.15) is 0 Å². The number of hydrogen-bond acceptors (Lipinski definition) is 1. The number of ether oxygens (including phenoxy) is 1.